The summed E-state index contributed by atoms with van der Waals surface area (Å²) in [4.78, 5) is 10.6. The summed E-state index contributed by atoms with van der Waals surface area (Å²) in [6, 6.07) is -1.29. The van der Waals surface area contributed by atoms with Gasteiger partial charge < -0.3 is 5.11 Å². The molecule has 5 nitrogen and oxygen atoms in total. The molecule has 1 fully saturated rings. The summed E-state index contributed by atoms with van der Waals surface area (Å²) in [6.45, 7) is 1.17. The number of carbonyl (C=O) groups is 1. The molecule has 0 aromatic carbocycles. The lowest BCUT2D eigenvalue weighted by Gasteiger charge is -2.30. The van der Waals surface area contributed by atoms with Crippen LogP contribution in [-0.4, -0.2) is 37.0 Å². The molecule has 0 aliphatic heterocycles. The second kappa shape index (κ2) is 5.66. The highest BCUT2D eigenvalue weighted by molar-refractivity contribution is 7.90. The number of alkyl halides is 3. The monoisotopic (exact) mass is 303 g/mol. The molecule has 0 unspecified atom stereocenters. The van der Waals surface area contributed by atoms with Crippen molar-refractivity contribution < 1.29 is 31.5 Å². The maximum Gasteiger partial charge on any atom is 0.391 e. The lowest BCUT2D eigenvalue weighted by Crippen LogP contribution is -2.45. The van der Waals surface area contributed by atoms with Crippen molar-refractivity contribution in [2.75, 3.05) is 0 Å². The predicted molar refractivity (Wildman–Crippen MR) is 61.0 cm³/mol. The Morgan fingerprint density at radius 3 is 2.11 bits per heavy atom. The predicted octanol–water partition coefficient (Wildman–Crippen LogP) is 1.50. The minimum atomic E-state index is -4.30. The van der Waals surface area contributed by atoms with Crippen molar-refractivity contribution >= 4 is 16.0 Å². The van der Waals surface area contributed by atoms with Gasteiger partial charge in [0, 0.05) is 0 Å². The van der Waals surface area contributed by atoms with Crippen LogP contribution in [0.3, 0.4) is 0 Å². The largest absolute Gasteiger partial charge is 0.480 e. The van der Waals surface area contributed by atoms with Gasteiger partial charge in [-0.2, -0.15) is 13.2 Å². The highest BCUT2D eigenvalue weighted by Crippen LogP contribution is 2.38. The van der Waals surface area contributed by atoms with E-state index in [1.54, 1.807) is 0 Å². The average molecular weight is 303 g/mol. The third kappa shape index (κ3) is 4.34. The van der Waals surface area contributed by atoms with Gasteiger partial charge in [0.15, 0.2) is 0 Å². The van der Waals surface area contributed by atoms with Crippen LogP contribution in [0.15, 0.2) is 0 Å². The van der Waals surface area contributed by atoms with Gasteiger partial charge in [0.05, 0.1) is 11.2 Å². The van der Waals surface area contributed by atoms with Gasteiger partial charge in [0.2, 0.25) is 10.0 Å². The Kier molecular flexibility index (Phi) is 4.83. The third-order valence-corrected chi connectivity index (χ3v) is 5.32. The molecule has 0 aromatic heterocycles. The van der Waals surface area contributed by atoms with E-state index in [0.717, 1.165) is 0 Å². The molecule has 0 amide bonds. The molecule has 0 spiro atoms. The second-order valence-electron chi connectivity index (χ2n) is 4.74. The zero-order chi connectivity index (χ0) is 14.8. The minimum Gasteiger partial charge on any atom is -0.480 e. The molecule has 1 saturated carbocycles. The van der Waals surface area contributed by atoms with Gasteiger partial charge in [-0.05, 0) is 32.6 Å². The Hall–Kier alpha value is -0.830. The summed E-state index contributed by atoms with van der Waals surface area (Å²) in [6.07, 6.45) is -4.98. The van der Waals surface area contributed by atoms with Crippen molar-refractivity contribution in [1.82, 2.24) is 4.72 Å². The zero-order valence-electron chi connectivity index (χ0n) is 10.3. The van der Waals surface area contributed by atoms with E-state index in [-0.39, 0.29) is 25.7 Å². The van der Waals surface area contributed by atoms with Crippen molar-refractivity contribution in [3.63, 3.8) is 0 Å². The van der Waals surface area contributed by atoms with Crippen LogP contribution in [0.4, 0.5) is 13.2 Å². The number of halogens is 3. The summed E-state index contributed by atoms with van der Waals surface area (Å²) < 4.78 is 62.9. The average Bonchev–Trinajstić information content (AvgIpc) is 2.27. The van der Waals surface area contributed by atoms with E-state index >= 15 is 0 Å². The summed E-state index contributed by atoms with van der Waals surface area (Å²) in [7, 11) is -3.89. The Morgan fingerprint density at radius 1 is 1.26 bits per heavy atom. The molecular weight excluding hydrogens is 287 g/mol. The van der Waals surface area contributed by atoms with Crippen LogP contribution in [-0.2, 0) is 14.8 Å². The molecule has 0 radical (unpaired) electrons. The second-order valence-corrected chi connectivity index (χ2v) is 6.73. The van der Waals surface area contributed by atoms with Crippen LogP contribution in [0, 0.1) is 5.92 Å². The molecule has 19 heavy (non-hydrogen) atoms. The van der Waals surface area contributed by atoms with Crippen LogP contribution >= 0.6 is 0 Å². The van der Waals surface area contributed by atoms with Gasteiger partial charge >= 0.3 is 12.1 Å². The van der Waals surface area contributed by atoms with Gasteiger partial charge in [-0.25, -0.2) is 13.1 Å². The molecule has 1 aliphatic carbocycles. The van der Waals surface area contributed by atoms with Crippen molar-refractivity contribution in [1.29, 1.82) is 0 Å². The quantitative estimate of drug-likeness (QED) is 0.824. The molecule has 112 valence electrons. The molecule has 0 saturated heterocycles. The van der Waals surface area contributed by atoms with E-state index in [1.165, 1.54) is 6.92 Å². The fourth-order valence-electron chi connectivity index (χ4n) is 2.09. The van der Waals surface area contributed by atoms with Crippen molar-refractivity contribution in [3.05, 3.63) is 0 Å². The summed E-state index contributed by atoms with van der Waals surface area (Å²) >= 11 is 0. The fourth-order valence-corrected chi connectivity index (χ4v) is 3.77. The first-order valence-corrected chi connectivity index (χ1v) is 7.39. The van der Waals surface area contributed by atoms with Crippen molar-refractivity contribution in [3.8, 4) is 0 Å². The normalized spacial score (nSPS) is 26.9. The maximum atomic E-state index is 12.4. The molecule has 1 rings (SSSR count). The molecule has 9 heteroatoms. The molecule has 1 aliphatic rings. The first-order chi connectivity index (χ1) is 8.54. The Bertz CT molecular complexity index is 427. The molecule has 0 bridgehead atoms. The van der Waals surface area contributed by atoms with E-state index in [0.29, 0.717) is 0 Å². The van der Waals surface area contributed by atoms with Crippen molar-refractivity contribution in [2.45, 2.75) is 50.1 Å². The Balaban J connectivity index is 2.62. The number of aliphatic carboxylic acids is 1. The molecule has 0 aromatic rings. The summed E-state index contributed by atoms with van der Waals surface area (Å²) in [5.41, 5.74) is 0. The van der Waals surface area contributed by atoms with E-state index in [2.05, 4.69) is 0 Å². The number of rotatable bonds is 4. The lowest BCUT2D eigenvalue weighted by atomic mass is 9.88. The van der Waals surface area contributed by atoms with E-state index in [1.807, 2.05) is 4.72 Å². The molecule has 2 N–H and O–H groups in total. The Morgan fingerprint density at radius 2 is 1.74 bits per heavy atom. The van der Waals surface area contributed by atoms with Gasteiger partial charge in [-0.15, -0.1) is 0 Å². The smallest absolute Gasteiger partial charge is 0.391 e. The van der Waals surface area contributed by atoms with Gasteiger partial charge in [0.1, 0.15) is 6.04 Å². The topological polar surface area (TPSA) is 83.5 Å². The highest BCUT2D eigenvalue weighted by Gasteiger charge is 2.43. The number of hydrogen-bond donors (Lipinski definition) is 2. The van der Waals surface area contributed by atoms with Crippen LogP contribution in [0.25, 0.3) is 0 Å². The third-order valence-electron chi connectivity index (χ3n) is 3.29. The van der Waals surface area contributed by atoms with Crippen LogP contribution in [0.5, 0.6) is 0 Å². The first kappa shape index (κ1) is 16.2. The maximum absolute atomic E-state index is 12.4. The summed E-state index contributed by atoms with van der Waals surface area (Å²) in [5.74, 6) is -2.79. The minimum absolute atomic E-state index is 0.105. The Labute approximate surface area is 109 Å². The first-order valence-electron chi connectivity index (χ1n) is 5.84. The molecule has 0 heterocycles. The van der Waals surface area contributed by atoms with Gasteiger partial charge in [-0.1, -0.05) is 0 Å². The van der Waals surface area contributed by atoms with Crippen molar-refractivity contribution in [2.24, 2.45) is 5.92 Å². The van der Waals surface area contributed by atoms with Crippen LogP contribution < -0.4 is 4.72 Å². The molecule has 1 atom stereocenters. The number of sulfonamides is 1. The standard InChI is InChI=1S/C10H16F3NO4S/c1-6(9(15)16)14-19(17,18)8-4-2-7(3-5-8)10(11,12)13/h6-8,14H,2-5H2,1H3,(H,15,16)/t6-,7?,8?/m1/s1. The number of carboxylic acids is 1. The highest BCUT2D eigenvalue weighted by atomic mass is 32.2. The molecular formula is C10H16F3NO4S. The SMILES string of the molecule is C[C@@H](NS(=O)(=O)C1CCC(C(F)(F)F)CC1)C(=O)O. The van der Waals surface area contributed by atoms with Gasteiger partial charge in [-0.3, -0.25) is 4.79 Å². The van der Waals surface area contributed by atoms with E-state index in [9.17, 15) is 26.4 Å². The number of hydrogen-bond acceptors (Lipinski definition) is 3. The van der Waals surface area contributed by atoms with Gasteiger partial charge in [0.25, 0.3) is 0 Å². The van der Waals surface area contributed by atoms with Crippen LogP contribution in [0.1, 0.15) is 32.6 Å². The van der Waals surface area contributed by atoms with Crippen LogP contribution in [0.2, 0.25) is 0 Å². The lowest BCUT2D eigenvalue weighted by molar-refractivity contribution is -0.181. The zero-order valence-corrected chi connectivity index (χ0v) is 11.1. The van der Waals surface area contributed by atoms with E-state index < -0.39 is 39.4 Å². The summed E-state index contributed by atoms with van der Waals surface area (Å²) in [5, 5.41) is 7.67. The fraction of sp³-hybridized carbons (Fsp3) is 0.900. The number of carboxylic acid groups (broad SMARTS) is 1. The number of nitrogens with one attached hydrogen (secondary N) is 1. The van der Waals surface area contributed by atoms with E-state index in [4.69, 9.17) is 5.11 Å².